The number of rotatable bonds is 2. The van der Waals surface area contributed by atoms with E-state index >= 15 is 0 Å². The Balaban J connectivity index is 2.07. The van der Waals surface area contributed by atoms with E-state index < -0.39 is 17.6 Å². The molecule has 0 spiro atoms. The van der Waals surface area contributed by atoms with Gasteiger partial charge in [-0.15, -0.1) is 11.3 Å². The van der Waals surface area contributed by atoms with Crippen molar-refractivity contribution in [3.8, 4) is 0 Å². The molecule has 3 rings (SSSR count). The lowest BCUT2D eigenvalue weighted by molar-refractivity contribution is -0.121. The zero-order valence-corrected chi connectivity index (χ0v) is 11.5. The topological polar surface area (TPSA) is 57.6 Å². The van der Waals surface area contributed by atoms with Gasteiger partial charge in [-0.05, 0) is 36.1 Å². The molecule has 0 radical (unpaired) electrons. The molecule has 0 aliphatic carbocycles. The molecule has 0 fully saturated rings. The summed E-state index contributed by atoms with van der Waals surface area (Å²) in [5.41, 5.74) is 1.48. The first-order valence-electron chi connectivity index (χ1n) is 6.02. The molecule has 1 aromatic carbocycles. The highest BCUT2D eigenvalue weighted by molar-refractivity contribution is 7.11. The molecule has 2 aromatic rings. The van der Waals surface area contributed by atoms with Crippen molar-refractivity contribution in [2.75, 3.05) is 4.90 Å². The van der Waals surface area contributed by atoms with E-state index in [0.717, 1.165) is 10.5 Å². The fourth-order valence-electron chi connectivity index (χ4n) is 2.16. The van der Waals surface area contributed by atoms with Gasteiger partial charge >= 0.3 is 5.91 Å². The van der Waals surface area contributed by atoms with Crippen LogP contribution in [0, 0.1) is 6.92 Å². The number of nitrogens with zero attached hydrogens (tertiary/aromatic N) is 1. The summed E-state index contributed by atoms with van der Waals surface area (Å²) in [4.78, 5) is 26.2. The molecule has 1 N–H and O–H groups in total. The van der Waals surface area contributed by atoms with Gasteiger partial charge in [0.15, 0.2) is 5.76 Å². The van der Waals surface area contributed by atoms with E-state index in [2.05, 4.69) is 0 Å². The number of carbonyl (C=O) groups is 2. The van der Waals surface area contributed by atoms with E-state index in [-0.39, 0.29) is 5.57 Å². The monoisotopic (exact) mass is 285 g/mol. The summed E-state index contributed by atoms with van der Waals surface area (Å²) in [6, 6.07) is 10.5. The van der Waals surface area contributed by atoms with Gasteiger partial charge in [0.05, 0.1) is 5.69 Å². The van der Waals surface area contributed by atoms with Crippen LogP contribution in [0.25, 0.3) is 5.57 Å². The fraction of sp³-hybridized carbons (Fsp3) is 0.0667. The molecule has 20 heavy (non-hydrogen) atoms. The quantitative estimate of drug-likeness (QED) is 0.863. The molecule has 4 nitrogen and oxygen atoms in total. The molecular weight excluding hydrogens is 274 g/mol. The number of aliphatic hydroxyl groups excluding tert-OH is 1. The fourth-order valence-corrected chi connectivity index (χ4v) is 2.93. The van der Waals surface area contributed by atoms with E-state index in [9.17, 15) is 14.7 Å². The van der Waals surface area contributed by atoms with Gasteiger partial charge in [-0.25, -0.2) is 4.90 Å². The molecule has 2 heterocycles. The van der Waals surface area contributed by atoms with E-state index in [1.807, 2.05) is 13.0 Å². The van der Waals surface area contributed by atoms with E-state index in [1.54, 1.807) is 35.7 Å². The van der Waals surface area contributed by atoms with Gasteiger partial charge in [0.1, 0.15) is 5.57 Å². The zero-order valence-electron chi connectivity index (χ0n) is 10.7. The largest absolute Gasteiger partial charge is 0.502 e. The predicted octanol–water partition coefficient (Wildman–Crippen LogP) is 2.90. The van der Waals surface area contributed by atoms with Crippen LogP contribution in [-0.4, -0.2) is 16.9 Å². The van der Waals surface area contributed by atoms with Crippen LogP contribution in [0.5, 0.6) is 0 Å². The minimum atomic E-state index is -0.677. The number of carbonyl (C=O) groups excluding carboxylic acids is 2. The van der Waals surface area contributed by atoms with Gasteiger partial charge in [0, 0.05) is 4.88 Å². The molecule has 2 amide bonds. The van der Waals surface area contributed by atoms with Crippen molar-refractivity contribution in [2.45, 2.75) is 6.92 Å². The third kappa shape index (κ3) is 1.83. The first-order chi connectivity index (χ1) is 9.59. The Kier molecular flexibility index (Phi) is 2.91. The van der Waals surface area contributed by atoms with Crippen molar-refractivity contribution in [3.63, 3.8) is 0 Å². The van der Waals surface area contributed by atoms with Crippen LogP contribution in [0.3, 0.4) is 0 Å². The summed E-state index contributed by atoms with van der Waals surface area (Å²) < 4.78 is 0. The van der Waals surface area contributed by atoms with Crippen LogP contribution in [0.2, 0.25) is 0 Å². The molecule has 0 saturated carbocycles. The lowest BCUT2D eigenvalue weighted by atomic mass is 10.2. The zero-order chi connectivity index (χ0) is 14.3. The third-order valence-corrected chi connectivity index (χ3v) is 3.97. The maximum absolute atomic E-state index is 12.4. The minimum absolute atomic E-state index is 0.0755. The Morgan fingerprint density at radius 3 is 2.55 bits per heavy atom. The van der Waals surface area contributed by atoms with Crippen LogP contribution in [-0.2, 0) is 9.59 Å². The summed E-state index contributed by atoms with van der Waals surface area (Å²) in [7, 11) is 0. The molecule has 1 aliphatic rings. The second-order valence-electron chi connectivity index (χ2n) is 4.49. The smallest absolute Gasteiger partial charge is 0.301 e. The van der Waals surface area contributed by atoms with Gasteiger partial charge in [0.25, 0.3) is 5.91 Å². The molecule has 0 unspecified atom stereocenters. The first-order valence-corrected chi connectivity index (χ1v) is 6.90. The van der Waals surface area contributed by atoms with E-state index in [4.69, 9.17) is 0 Å². The molecular formula is C15H11NO3S. The van der Waals surface area contributed by atoms with Gasteiger partial charge in [0.2, 0.25) is 0 Å². The van der Waals surface area contributed by atoms with Gasteiger partial charge in [-0.3, -0.25) is 9.59 Å². The molecule has 1 aliphatic heterocycles. The highest BCUT2D eigenvalue weighted by Gasteiger charge is 2.40. The van der Waals surface area contributed by atoms with Crippen molar-refractivity contribution >= 4 is 34.4 Å². The van der Waals surface area contributed by atoms with E-state index in [1.165, 1.54) is 11.3 Å². The number of anilines is 1. The average Bonchev–Trinajstić information content (AvgIpc) is 2.99. The van der Waals surface area contributed by atoms with Crippen molar-refractivity contribution in [3.05, 3.63) is 58.0 Å². The van der Waals surface area contributed by atoms with Crippen LogP contribution >= 0.6 is 11.3 Å². The SMILES string of the molecule is Cc1cccc(N2C(=O)C(O)=C(c3cccs3)C2=O)c1. The van der Waals surface area contributed by atoms with E-state index in [0.29, 0.717) is 10.6 Å². The number of aryl methyl sites for hydroxylation is 1. The number of thiophene rings is 1. The molecule has 1 aromatic heterocycles. The predicted molar refractivity (Wildman–Crippen MR) is 77.5 cm³/mol. The maximum Gasteiger partial charge on any atom is 0.301 e. The van der Waals surface area contributed by atoms with Crippen molar-refractivity contribution in [1.29, 1.82) is 0 Å². The summed E-state index contributed by atoms with van der Waals surface area (Å²) in [6.45, 7) is 1.88. The Hall–Kier alpha value is -2.40. The highest BCUT2D eigenvalue weighted by atomic mass is 32.1. The molecule has 0 saturated heterocycles. The molecule has 0 atom stereocenters. The Morgan fingerprint density at radius 1 is 1.10 bits per heavy atom. The second kappa shape index (κ2) is 4.61. The number of aliphatic hydroxyl groups is 1. The van der Waals surface area contributed by atoms with Crippen molar-refractivity contribution in [1.82, 2.24) is 0 Å². The summed E-state index contributed by atoms with van der Waals surface area (Å²) in [5.74, 6) is -1.65. The van der Waals surface area contributed by atoms with Gasteiger partial charge in [-0.2, -0.15) is 0 Å². The summed E-state index contributed by atoms with van der Waals surface area (Å²) in [5, 5.41) is 11.8. The normalized spacial score (nSPS) is 15.3. The number of imide groups is 1. The first kappa shape index (κ1) is 12.6. The Bertz CT molecular complexity index is 731. The number of amides is 2. The van der Waals surface area contributed by atoms with Crippen LogP contribution in [0.1, 0.15) is 10.4 Å². The Morgan fingerprint density at radius 2 is 1.90 bits per heavy atom. The van der Waals surface area contributed by atoms with Crippen LogP contribution in [0.4, 0.5) is 5.69 Å². The highest BCUT2D eigenvalue weighted by Crippen LogP contribution is 2.33. The van der Waals surface area contributed by atoms with Crippen LogP contribution < -0.4 is 4.90 Å². The number of hydrogen-bond acceptors (Lipinski definition) is 4. The second-order valence-corrected chi connectivity index (χ2v) is 5.43. The number of hydrogen-bond donors (Lipinski definition) is 1. The Labute approximate surface area is 119 Å². The average molecular weight is 285 g/mol. The number of benzene rings is 1. The summed E-state index contributed by atoms with van der Waals surface area (Å²) >= 11 is 1.31. The maximum atomic E-state index is 12.4. The lowest BCUT2D eigenvalue weighted by Gasteiger charge is -2.14. The molecule has 5 heteroatoms. The third-order valence-electron chi connectivity index (χ3n) is 3.09. The standard InChI is InChI=1S/C15H11NO3S/c1-9-4-2-5-10(8-9)16-14(18)12(13(17)15(16)19)11-6-3-7-20-11/h2-8,17H,1H3. The van der Waals surface area contributed by atoms with Gasteiger partial charge < -0.3 is 5.11 Å². The van der Waals surface area contributed by atoms with Crippen LogP contribution in [0.15, 0.2) is 47.5 Å². The minimum Gasteiger partial charge on any atom is -0.502 e. The van der Waals surface area contributed by atoms with Gasteiger partial charge in [-0.1, -0.05) is 18.2 Å². The lowest BCUT2D eigenvalue weighted by Crippen LogP contribution is -2.31. The van der Waals surface area contributed by atoms with Crippen molar-refractivity contribution in [2.24, 2.45) is 0 Å². The van der Waals surface area contributed by atoms with Crippen molar-refractivity contribution < 1.29 is 14.7 Å². The molecule has 0 bridgehead atoms. The molecule has 100 valence electrons. The summed E-state index contributed by atoms with van der Waals surface area (Å²) in [6.07, 6.45) is 0.